The van der Waals surface area contributed by atoms with Gasteiger partial charge in [-0.3, -0.25) is 9.59 Å². The number of carboxylic acid groups (broad SMARTS) is 1. The Morgan fingerprint density at radius 1 is 1.29 bits per heavy atom. The van der Waals surface area contributed by atoms with Crippen molar-refractivity contribution < 1.29 is 19.4 Å². The third-order valence-corrected chi connectivity index (χ3v) is 5.01. The SMILES string of the molecule is COc1cc(C)ccc1C(C)C(=O)NCC1CCC(C(=O)O)CC1. The van der Waals surface area contributed by atoms with E-state index in [4.69, 9.17) is 9.84 Å². The minimum Gasteiger partial charge on any atom is -0.496 e. The standard InChI is InChI=1S/C19H27NO4/c1-12-4-9-16(17(10-12)24-3)13(2)18(21)20-11-14-5-7-15(8-6-14)19(22)23/h4,9-10,13-15H,5-8,11H2,1-3H3,(H,20,21)(H,22,23). The van der Waals surface area contributed by atoms with Gasteiger partial charge in [0.2, 0.25) is 5.91 Å². The molecule has 5 heteroatoms. The number of benzene rings is 1. The quantitative estimate of drug-likeness (QED) is 0.839. The maximum atomic E-state index is 12.5. The highest BCUT2D eigenvalue weighted by Gasteiger charge is 2.27. The number of rotatable bonds is 6. The van der Waals surface area contributed by atoms with Gasteiger partial charge in [0.25, 0.3) is 0 Å². The second-order valence-corrected chi connectivity index (χ2v) is 6.77. The summed E-state index contributed by atoms with van der Waals surface area (Å²) in [5.41, 5.74) is 1.98. The lowest BCUT2D eigenvalue weighted by atomic mass is 9.82. The number of aryl methyl sites for hydroxylation is 1. The normalized spacial score (nSPS) is 21.8. The van der Waals surface area contributed by atoms with Crippen molar-refractivity contribution >= 4 is 11.9 Å². The smallest absolute Gasteiger partial charge is 0.306 e. The lowest BCUT2D eigenvalue weighted by molar-refractivity contribution is -0.143. The summed E-state index contributed by atoms with van der Waals surface area (Å²) < 4.78 is 5.39. The Hall–Kier alpha value is -2.04. The van der Waals surface area contributed by atoms with Gasteiger partial charge in [0.1, 0.15) is 5.75 Å². The monoisotopic (exact) mass is 333 g/mol. The number of carboxylic acids is 1. The first-order valence-electron chi connectivity index (χ1n) is 8.57. The molecule has 5 nitrogen and oxygen atoms in total. The van der Waals surface area contributed by atoms with Crippen LogP contribution in [0.15, 0.2) is 18.2 Å². The van der Waals surface area contributed by atoms with Crippen LogP contribution in [0.25, 0.3) is 0 Å². The maximum absolute atomic E-state index is 12.5. The van der Waals surface area contributed by atoms with Crippen LogP contribution in [0.5, 0.6) is 5.75 Å². The van der Waals surface area contributed by atoms with Crippen LogP contribution in [0.1, 0.15) is 49.7 Å². The van der Waals surface area contributed by atoms with E-state index in [-0.39, 0.29) is 17.7 Å². The summed E-state index contributed by atoms with van der Waals surface area (Å²) >= 11 is 0. The van der Waals surface area contributed by atoms with Gasteiger partial charge in [-0.1, -0.05) is 12.1 Å². The Morgan fingerprint density at radius 3 is 2.54 bits per heavy atom. The van der Waals surface area contributed by atoms with Crippen molar-refractivity contribution in [3.05, 3.63) is 29.3 Å². The van der Waals surface area contributed by atoms with Gasteiger partial charge in [-0.05, 0) is 57.1 Å². The summed E-state index contributed by atoms with van der Waals surface area (Å²) in [6.07, 6.45) is 3.13. The van der Waals surface area contributed by atoms with Crippen LogP contribution < -0.4 is 10.1 Å². The van der Waals surface area contributed by atoms with Crippen LogP contribution in [0.3, 0.4) is 0 Å². The summed E-state index contributed by atoms with van der Waals surface area (Å²) in [5, 5.41) is 12.0. The number of aliphatic carboxylic acids is 1. The predicted molar refractivity (Wildman–Crippen MR) is 92.2 cm³/mol. The van der Waals surface area contributed by atoms with Gasteiger partial charge in [0.05, 0.1) is 18.9 Å². The van der Waals surface area contributed by atoms with E-state index in [0.29, 0.717) is 25.3 Å². The van der Waals surface area contributed by atoms with E-state index in [1.54, 1.807) is 7.11 Å². The second kappa shape index (κ2) is 8.18. The second-order valence-electron chi connectivity index (χ2n) is 6.77. The van der Waals surface area contributed by atoms with Crippen molar-refractivity contribution in [1.29, 1.82) is 0 Å². The zero-order chi connectivity index (χ0) is 17.7. The van der Waals surface area contributed by atoms with Gasteiger partial charge in [-0.15, -0.1) is 0 Å². The van der Waals surface area contributed by atoms with Crippen molar-refractivity contribution in [3.8, 4) is 5.75 Å². The molecule has 0 aromatic heterocycles. The lowest BCUT2D eigenvalue weighted by Crippen LogP contribution is -2.34. The van der Waals surface area contributed by atoms with Crippen LogP contribution in [-0.4, -0.2) is 30.6 Å². The number of hydrogen-bond donors (Lipinski definition) is 2. The van der Waals surface area contributed by atoms with E-state index in [9.17, 15) is 9.59 Å². The Morgan fingerprint density at radius 2 is 1.96 bits per heavy atom. The Kier molecular flexibility index (Phi) is 6.23. The average molecular weight is 333 g/mol. The topological polar surface area (TPSA) is 75.6 Å². The number of amides is 1. The zero-order valence-electron chi connectivity index (χ0n) is 14.7. The number of nitrogens with one attached hydrogen (secondary N) is 1. The van der Waals surface area contributed by atoms with Gasteiger partial charge in [-0.25, -0.2) is 0 Å². The number of carbonyl (C=O) groups is 2. The van der Waals surface area contributed by atoms with Gasteiger partial charge in [0, 0.05) is 12.1 Å². The molecule has 1 aliphatic carbocycles. The van der Waals surface area contributed by atoms with E-state index >= 15 is 0 Å². The number of carbonyl (C=O) groups excluding carboxylic acids is 1. The molecule has 0 bridgehead atoms. The zero-order valence-corrected chi connectivity index (χ0v) is 14.7. The van der Waals surface area contributed by atoms with Crippen molar-refractivity contribution in [2.75, 3.05) is 13.7 Å². The van der Waals surface area contributed by atoms with Gasteiger partial charge < -0.3 is 15.2 Å². The summed E-state index contributed by atoms with van der Waals surface area (Å²) in [7, 11) is 1.61. The van der Waals surface area contributed by atoms with Crippen LogP contribution >= 0.6 is 0 Å². The first-order chi connectivity index (χ1) is 11.4. The van der Waals surface area contributed by atoms with E-state index in [1.165, 1.54) is 0 Å². The predicted octanol–water partition coefficient (Wildman–Crippen LogP) is 3.11. The van der Waals surface area contributed by atoms with Crippen LogP contribution in [-0.2, 0) is 9.59 Å². The maximum Gasteiger partial charge on any atom is 0.306 e. The van der Waals surface area contributed by atoms with Crippen LogP contribution in [0.4, 0.5) is 0 Å². The van der Waals surface area contributed by atoms with E-state index in [2.05, 4.69) is 5.32 Å². The fourth-order valence-electron chi connectivity index (χ4n) is 3.33. The largest absolute Gasteiger partial charge is 0.496 e. The average Bonchev–Trinajstić information content (AvgIpc) is 2.59. The molecule has 24 heavy (non-hydrogen) atoms. The van der Waals surface area contributed by atoms with Crippen molar-refractivity contribution in [2.45, 2.75) is 45.4 Å². The van der Waals surface area contributed by atoms with Crippen molar-refractivity contribution in [3.63, 3.8) is 0 Å². The first kappa shape index (κ1) is 18.3. The molecule has 132 valence electrons. The van der Waals surface area contributed by atoms with E-state index < -0.39 is 5.97 Å². The molecule has 1 aromatic carbocycles. The number of hydrogen-bond acceptors (Lipinski definition) is 3. The molecule has 1 atom stereocenters. The Bertz CT molecular complexity index is 591. The molecule has 1 unspecified atom stereocenters. The fourth-order valence-corrected chi connectivity index (χ4v) is 3.33. The van der Waals surface area contributed by atoms with Gasteiger partial charge >= 0.3 is 5.97 Å². The summed E-state index contributed by atoms with van der Waals surface area (Å²) in [6.45, 7) is 4.48. The summed E-state index contributed by atoms with van der Waals surface area (Å²) in [4.78, 5) is 23.4. The summed E-state index contributed by atoms with van der Waals surface area (Å²) in [6, 6.07) is 5.86. The molecule has 1 amide bonds. The van der Waals surface area contributed by atoms with Crippen molar-refractivity contribution in [2.24, 2.45) is 11.8 Å². The molecule has 2 N–H and O–H groups in total. The third kappa shape index (κ3) is 4.49. The Balaban J connectivity index is 1.88. The fraction of sp³-hybridized carbons (Fsp3) is 0.579. The summed E-state index contributed by atoms with van der Waals surface area (Å²) in [5.74, 6) is -0.102. The van der Waals surface area contributed by atoms with Crippen LogP contribution in [0, 0.1) is 18.8 Å². The van der Waals surface area contributed by atoms with E-state index in [0.717, 1.165) is 29.7 Å². The molecule has 0 spiro atoms. The number of ether oxygens (including phenoxy) is 1. The molecule has 1 saturated carbocycles. The highest BCUT2D eigenvalue weighted by molar-refractivity contribution is 5.84. The molecule has 0 radical (unpaired) electrons. The van der Waals surface area contributed by atoms with Gasteiger partial charge in [-0.2, -0.15) is 0 Å². The molecule has 0 saturated heterocycles. The first-order valence-corrected chi connectivity index (χ1v) is 8.57. The Labute approximate surface area is 143 Å². The number of methoxy groups -OCH3 is 1. The minimum atomic E-state index is -0.697. The van der Waals surface area contributed by atoms with E-state index in [1.807, 2.05) is 32.0 Å². The highest BCUT2D eigenvalue weighted by atomic mass is 16.5. The third-order valence-electron chi connectivity index (χ3n) is 5.01. The molecular weight excluding hydrogens is 306 g/mol. The molecule has 0 heterocycles. The molecular formula is C19H27NO4. The molecule has 1 aromatic rings. The molecule has 0 aliphatic heterocycles. The molecule has 2 rings (SSSR count). The highest BCUT2D eigenvalue weighted by Crippen LogP contribution is 2.30. The lowest BCUT2D eigenvalue weighted by Gasteiger charge is -2.26. The molecule has 1 aliphatic rings. The van der Waals surface area contributed by atoms with Crippen molar-refractivity contribution in [1.82, 2.24) is 5.32 Å². The van der Waals surface area contributed by atoms with Gasteiger partial charge in [0.15, 0.2) is 0 Å². The van der Waals surface area contributed by atoms with Crippen LogP contribution in [0.2, 0.25) is 0 Å². The minimum absolute atomic E-state index is 0.0162. The molecule has 1 fully saturated rings.